The van der Waals surface area contributed by atoms with Crippen molar-refractivity contribution >= 4 is 35.6 Å². The number of halogens is 8. The molecular weight excluding hydrogens is 1670 g/mol. The average Bonchev–Trinajstić information content (AvgIpc) is 0.900. The fourth-order valence-electron chi connectivity index (χ4n) is 15.5. The van der Waals surface area contributed by atoms with Crippen molar-refractivity contribution < 1.29 is 94.5 Å². The fourth-order valence-corrected chi connectivity index (χ4v) is 15.5. The lowest BCUT2D eigenvalue weighted by molar-refractivity contribution is -0.129. The van der Waals surface area contributed by atoms with Crippen LogP contribution in [0.4, 0.5) is 35.1 Å². The second-order valence-electron chi connectivity index (χ2n) is 31.3. The Morgan fingerprint density at radius 3 is 0.945 bits per heavy atom. The van der Waals surface area contributed by atoms with E-state index < -0.39 is 60.0 Å². The fraction of sp³-hybridized carbons (Fsp3) is 0.333. The second kappa shape index (κ2) is 45.4. The molecule has 4 saturated heterocycles. The summed E-state index contributed by atoms with van der Waals surface area (Å²) in [6.45, 7) is 1.91. The largest absolute Gasteiger partial charge is 0.478 e. The molecule has 10 aromatic rings. The van der Waals surface area contributed by atoms with Crippen molar-refractivity contribution in [2.24, 2.45) is 0 Å². The van der Waals surface area contributed by atoms with E-state index in [-0.39, 0.29) is 81.2 Å². The van der Waals surface area contributed by atoms with Gasteiger partial charge in [0.05, 0.1) is 35.3 Å². The maximum atomic E-state index is 14.5. The molecule has 8 N–H and O–H groups in total. The van der Waals surface area contributed by atoms with Crippen LogP contribution in [-0.4, -0.2) is 202 Å². The summed E-state index contributed by atoms with van der Waals surface area (Å²) in [6.07, 6.45) is 11.5. The molecule has 8 aromatic carbocycles. The number of aliphatic hydroxyl groups excluding tert-OH is 4. The molecule has 24 nitrogen and oxygen atoms in total. The molecule has 4 aliphatic heterocycles. The third-order valence-electron chi connectivity index (χ3n) is 22.6. The van der Waals surface area contributed by atoms with Crippen molar-refractivity contribution in [3.05, 3.63) is 323 Å². The maximum absolute atomic E-state index is 14.5. The van der Waals surface area contributed by atoms with Crippen LogP contribution < -0.4 is 0 Å². The number of tetrazole rings is 2. The lowest BCUT2D eigenvalue weighted by Crippen LogP contribution is -2.34. The Kier molecular flexibility index (Phi) is 33.9. The van der Waals surface area contributed by atoms with Gasteiger partial charge in [0.2, 0.25) is 35.3 Å². The molecule has 8 atom stereocenters. The molecule has 0 radical (unpaired) electrons. The van der Waals surface area contributed by atoms with Gasteiger partial charge < -0.3 is 50.2 Å². The third kappa shape index (κ3) is 26.1. The normalized spacial score (nSPS) is 17.8. The van der Waals surface area contributed by atoms with E-state index in [1.165, 1.54) is 127 Å². The van der Waals surface area contributed by atoms with E-state index in [9.17, 15) is 84.3 Å². The number of hydrogen-bond donors (Lipinski definition) is 8. The molecule has 14 rings (SSSR count). The first kappa shape index (κ1) is 95.6. The van der Waals surface area contributed by atoms with E-state index >= 15 is 0 Å². The Morgan fingerprint density at radius 2 is 0.641 bits per heavy atom. The monoisotopic (exact) mass is 1760 g/mol. The number of aromatic nitrogens is 8. The first-order valence-electron chi connectivity index (χ1n) is 42.1. The van der Waals surface area contributed by atoms with Crippen LogP contribution in [0.25, 0.3) is 22.8 Å². The summed E-state index contributed by atoms with van der Waals surface area (Å²) in [4.78, 5) is 77.8. The number of hydrogen-bond acceptors (Lipinski definition) is 16. The number of nitrogens with zero attached hydrogens (tertiary/aromatic N) is 10. The van der Waals surface area contributed by atoms with Gasteiger partial charge in [-0.1, -0.05) is 237 Å². The standard InChI is InChI=1S/2C24H25F2N5O2.2C24H25F2NO4/c25-24(26,19-9-2-1-3-10-19)21(32)13-11-20-12-14-22(33)31(20)15-5-7-17-6-4-8-18(16-17)23-27-29-30-28-23;25-24(26,19-6-2-1-3-7-19)21(32)14-12-20-13-15-22(33)31(20)16-4-5-17-8-10-18(11-9-17)23-27-29-30-28-23;25-24(26,19-9-2-1-3-10-19)21(28)13-11-20-12-14-22(29)27(20)15-5-7-17-6-4-8-18(16-17)23(30)31;25-24(26,19-6-2-1-3-7-19)21(28)14-12-20-13-15-22(29)27(20)16-4-5-17-8-10-18(11-9-17)23(30)31/h1-4,6,8-11,13,16,20-21,32H,5,7,12,14-15H2,(H,27,28,29,30);1-3,6-12,14,20-21,32H,4-5,13,15-16H2,(H,27,28,29,30);1-4,6,8-11,13,16,20-21,28H,5,7,12,14-15H2,(H,30,31);1-3,6-12,14,20-21,28H,4-5,13,15-16H2,(H,30,31)/b13-11+;14-12+;13-11+;14-12+/t4*20-,21?/m0000/s1. The van der Waals surface area contributed by atoms with Crippen molar-refractivity contribution in [1.82, 2.24) is 60.8 Å². The zero-order valence-corrected chi connectivity index (χ0v) is 69.8. The number of likely N-dealkylation sites (tertiary alicyclic amines) is 4. The number of aliphatic hydroxyl groups is 4. The molecule has 32 heteroatoms. The number of aryl methyl sites for hydroxylation is 4. The predicted molar refractivity (Wildman–Crippen MR) is 460 cm³/mol. The SMILES string of the molecule is O=C(O)c1ccc(CCCN2C(=O)CC[C@@H]2/C=C/C(O)C(F)(F)c2ccccc2)cc1.O=C(O)c1cccc(CCCN2C(=O)CC[C@@H]2/C=C/C(O)C(F)(F)c2ccccc2)c1.O=C1CC[C@H](/C=C/C(O)C(F)(F)c2ccccc2)N1CCCc1ccc(-c2nn[nH]n2)cc1.O=C1CC[C@H](/C=C/C(O)C(F)(F)c2ccccc2)N1CCCc1cccc(-c2nn[nH]n2)c1. The van der Waals surface area contributed by atoms with Crippen LogP contribution in [0, 0.1) is 0 Å². The van der Waals surface area contributed by atoms with Crippen molar-refractivity contribution in [3.8, 4) is 22.8 Å². The molecule has 672 valence electrons. The summed E-state index contributed by atoms with van der Waals surface area (Å²) in [5.74, 6) is -14.7. The van der Waals surface area contributed by atoms with Gasteiger partial charge in [-0.3, -0.25) is 19.2 Å². The van der Waals surface area contributed by atoms with Gasteiger partial charge in [-0.2, -0.15) is 45.6 Å². The quantitative estimate of drug-likeness (QED) is 0.0134. The van der Waals surface area contributed by atoms with Gasteiger partial charge >= 0.3 is 35.6 Å². The van der Waals surface area contributed by atoms with E-state index in [0.717, 1.165) is 76.9 Å². The topological polar surface area (TPSA) is 346 Å². The Morgan fingerprint density at radius 1 is 0.352 bits per heavy atom. The van der Waals surface area contributed by atoms with Gasteiger partial charge in [0, 0.05) is 85.2 Å². The number of carboxylic acids is 2. The van der Waals surface area contributed by atoms with Gasteiger partial charge in [-0.25, -0.2) is 9.59 Å². The van der Waals surface area contributed by atoms with Crippen molar-refractivity contribution in [1.29, 1.82) is 0 Å². The number of carbonyl (C=O) groups excluding carboxylic acids is 4. The summed E-state index contributed by atoms with van der Waals surface area (Å²) in [5.41, 5.74) is 5.13. The van der Waals surface area contributed by atoms with Gasteiger partial charge in [-0.15, -0.1) is 20.4 Å². The van der Waals surface area contributed by atoms with E-state index in [1.807, 2.05) is 54.6 Å². The van der Waals surface area contributed by atoms with Gasteiger partial charge in [-0.05, 0) is 140 Å². The summed E-state index contributed by atoms with van der Waals surface area (Å²) in [7, 11) is 0. The molecule has 128 heavy (non-hydrogen) atoms. The number of carboxylic acid groups (broad SMARTS) is 2. The van der Waals surface area contributed by atoms with Crippen LogP contribution in [0.15, 0.2) is 267 Å². The number of rotatable bonds is 36. The predicted octanol–water partition coefficient (Wildman–Crippen LogP) is 15.0. The lowest BCUT2D eigenvalue weighted by Gasteiger charge is -2.24. The zero-order chi connectivity index (χ0) is 91.4. The van der Waals surface area contributed by atoms with Gasteiger partial charge in [0.1, 0.15) is 24.4 Å². The highest BCUT2D eigenvalue weighted by atomic mass is 19.3. The number of nitrogens with one attached hydrogen (secondary N) is 2. The van der Waals surface area contributed by atoms with E-state index in [4.69, 9.17) is 10.2 Å². The molecule has 0 saturated carbocycles. The van der Waals surface area contributed by atoms with Crippen molar-refractivity contribution in [3.63, 3.8) is 0 Å². The van der Waals surface area contributed by atoms with Crippen LogP contribution in [0.2, 0.25) is 0 Å². The molecule has 2 aromatic heterocycles. The Bertz CT molecular complexity index is 5360. The lowest BCUT2D eigenvalue weighted by atomic mass is 10.0. The number of carbonyl (C=O) groups is 6. The van der Waals surface area contributed by atoms with Crippen molar-refractivity contribution in [2.45, 2.75) is 175 Å². The molecule has 0 aliphatic carbocycles. The molecule has 6 heterocycles. The van der Waals surface area contributed by atoms with Crippen LogP contribution in [-0.2, 0) is 68.6 Å². The van der Waals surface area contributed by atoms with E-state index in [1.54, 1.807) is 80.3 Å². The second-order valence-corrected chi connectivity index (χ2v) is 31.3. The first-order valence-corrected chi connectivity index (χ1v) is 42.1. The Labute approximate surface area is 734 Å². The molecule has 4 aliphatic rings. The van der Waals surface area contributed by atoms with E-state index in [2.05, 4.69) is 41.2 Å². The highest BCUT2D eigenvalue weighted by Crippen LogP contribution is 2.38. The number of alkyl halides is 8. The van der Waals surface area contributed by atoms with Crippen molar-refractivity contribution in [2.75, 3.05) is 26.2 Å². The Balaban J connectivity index is 0.000000165. The molecule has 4 amide bonds. The van der Waals surface area contributed by atoms with Crippen LogP contribution in [0.5, 0.6) is 0 Å². The zero-order valence-electron chi connectivity index (χ0n) is 69.8. The molecular formula is C96H100F8N12O12. The number of aromatic amines is 2. The number of amides is 4. The minimum Gasteiger partial charge on any atom is -0.478 e. The summed E-state index contributed by atoms with van der Waals surface area (Å²) < 4.78 is 116. The summed E-state index contributed by atoms with van der Waals surface area (Å²) in [5, 5.41) is 86.2. The number of H-pyrrole nitrogens is 2. The van der Waals surface area contributed by atoms with E-state index in [0.29, 0.717) is 121 Å². The highest BCUT2D eigenvalue weighted by Gasteiger charge is 2.44. The minimum absolute atomic E-state index is 0.00131. The summed E-state index contributed by atoms with van der Waals surface area (Å²) >= 11 is 0. The highest BCUT2D eigenvalue weighted by molar-refractivity contribution is 5.88. The van der Waals surface area contributed by atoms with Crippen LogP contribution in [0.1, 0.15) is 142 Å². The molecule has 4 fully saturated rings. The number of aromatic carboxylic acids is 2. The van der Waals surface area contributed by atoms with Gasteiger partial charge in [0.25, 0.3) is 0 Å². The molecule has 0 bridgehead atoms. The smallest absolute Gasteiger partial charge is 0.335 e. The first-order chi connectivity index (χ1) is 61.5. The Hall–Kier alpha value is -13.0. The van der Waals surface area contributed by atoms with Crippen LogP contribution in [0.3, 0.4) is 0 Å². The maximum Gasteiger partial charge on any atom is 0.335 e. The van der Waals surface area contributed by atoms with Crippen LogP contribution >= 0.6 is 0 Å². The minimum atomic E-state index is -3.43. The molecule has 4 unspecified atom stereocenters. The molecule has 0 spiro atoms. The van der Waals surface area contributed by atoms with Gasteiger partial charge in [0.15, 0.2) is 0 Å². The average molecular weight is 1770 g/mol. The third-order valence-corrected chi connectivity index (χ3v) is 22.6. The number of benzene rings is 8. The summed E-state index contributed by atoms with van der Waals surface area (Å²) in [6, 6.07) is 56.3.